The summed E-state index contributed by atoms with van der Waals surface area (Å²) in [7, 11) is 1.79. The molecule has 0 atom stereocenters. The first kappa shape index (κ1) is 18.8. The molecule has 2 aromatic carbocycles. The molecule has 0 radical (unpaired) electrons. The molecule has 0 aliphatic carbocycles. The Hall–Kier alpha value is -2.58. The SMILES string of the molecule is CN(Cc1ccc(Br)cc1)C(=O)CSc1nnc(-c2c[nH]c3ccccc23)o1. The van der Waals surface area contributed by atoms with Crippen molar-refractivity contribution >= 4 is 44.5 Å². The average Bonchev–Trinajstić information content (AvgIpc) is 3.34. The van der Waals surface area contributed by atoms with Crippen LogP contribution in [0, 0.1) is 0 Å². The molecule has 0 saturated carbocycles. The van der Waals surface area contributed by atoms with Crippen LogP contribution in [0.4, 0.5) is 0 Å². The second kappa shape index (κ2) is 8.20. The van der Waals surface area contributed by atoms with Crippen molar-refractivity contribution in [2.75, 3.05) is 12.8 Å². The summed E-state index contributed by atoms with van der Waals surface area (Å²) in [6.07, 6.45) is 1.85. The average molecular weight is 457 g/mol. The zero-order valence-corrected chi connectivity index (χ0v) is 17.5. The number of H-pyrrole nitrogens is 1. The standard InChI is InChI=1S/C20H17BrN4O2S/c1-25(11-13-6-8-14(21)9-7-13)18(26)12-28-20-24-23-19(27-20)16-10-22-17-5-3-2-4-15(16)17/h2-10,22H,11-12H2,1H3. The molecule has 0 unspecified atom stereocenters. The predicted molar refractivity (Wildman–Crippen MR) is 113 cm³/mol. The fourth-order valence-electron chi connectivity index (χ4n) is 2.81. The van der Waals surface area contributed by atoms with E-state index < -0.39 is 0 Å². The summed E-state index contributed by atoms with van der Waals surface area (Å²) in [5.74, 6) is 0.679. The molecule has 8 heteroatoms. The van der Waals surface area contributed by atoms with Crippen molar-refractivity contribution in [3.8, 4) is 11.5 Å². The fourth-order valence-corrected chi connectivity index (χ4v) is 3.78. The molecular formula is C20H17BrN4O2S. The number of para-hydroxylation sites is 1. The molecule has 142 valence electrons. The molecule has 2 aromatic heterocycles. The lowest BCUT2D eigenvalue weighted by Gasteiger charge is -2.16. The maximum absolute atomic E-state index is 12.4. The number of halogens is 1. The molecule has 0 aliphatic heterocycles. The zero-order valence-electron chi connectivity index (χ0n) is 15.1. The highest BCUT2D eigenvalue weighted by molar-refractivity contribution is 9.10. The van der Waals surface area contributed by atoms with Gasteiger partial charge in [-0.3, -0.25) is 4.79 Å². The second-order valence-electron chi connectivity index (χ2n) is 6.29. The third-order valence-electron chi connectivity index (χ3n) is 4.30. The predicted octanol–water partition coefficient (Wildman–Crippen LogP) is 4.73. The first-order valence-electron chi connectivity index (χ1n) is 8.61. The van der Waals surface area contributed by atoms with Gasteiger partial charge in [0.25, 0.3) is 11.1 Å². The third kappa shape index (κ3) is 4.13. The largest absolute Gasteiger partial charge is 0.411 e. The Morgan fingerprint density at radius 2 is 1.96 bits per heavy atom. The maximum Gasteiger partial charge on any atom is 0.277 e. The van der Waals surface area contributed by atoms with E-state index in [1.165, 1.54) is 11.8 Å². The highest BCUT2D eigenvalue weighted by Gasteiger charge is 2.16. The van der Waals surface area contributed by atoms with Crippen molar-refractivity contribution in [2.45, 2.75) is 11.8 Å². The summed E-state index contributed by atoms with van der Waals surface area (Å²) in [5.41, 5.74) is 2.94. The number of carbonyl (C=O) groups is 1. The lowest BCUT2D eigenvalue weighted by molar-refractivity contribution is -0.127. The van der Waals surface area contributed by atoms with Crippen LogP contribution in [0.25, 0.3) is 22.4 Å². The lowest BCUT2D eigenvalue weighted by atomic mass is 10.2. The van der Waals surface area contributed by atoms with Crippen molar-refractivity contribution in [2.24, 2.45) is 0 Å². The maximum atomic E-state index is 12.4. The number of carbonyl (C=O) groups excluding carboxylic acids is 1. The molecule has 0 spiro atoms. The van der Waals surface area contributed by atoms with E-state index in [1.807, 2.05) is 54.7 Å². The summed E-state index contributed by atoms with van der Waals surface area (Å²) >= 11 is 4.66. The van der Waals surface area contributed by atoms with Crippen LogP contribution in [0.15, 0.2) is 68.8 Å². The third-order valence-corrected chi connectivity index (χ3v) is 5.64. The molecule has 0 fully saturated rings. The van der Waals surface area contributed by atoms with Crippen molar-refractivity contribution < 1.29 is 9.21 Å². The number of aromatic amines is 1. The quantitative estimate of drug-likeness (QED) is 0.424. The number of hydrogen-bond acceptors (Lipinski definition) is 5. The Bertz CT molecular complexity index is 1110. The summed E-state index contributed by atoms with van der Waals surface area (Å²) in [6.45, 7) is 0.553. The van der Waals surface area contributed by atoms with E-state index in [-0.39, 0.29) is 11.7 Å². The number of hydrogen-bond donors (Lipinski definition) is 1. The summed E-state index contributed by atoms with van der Waals surface area (Å²) in [6, 6.07) is 15.8. The number of rotatable bonds is 6. The van der Waals surface area contributed by atoms with E-state index >= 15 is 0 Å². The van der Waals surface area contributed by atoms with Crippen molar-refractivity contribution in [3.05, 3.63) is 64.8 Å². The van der Waals surface area contributed by atoms with E-state index in [2.05, 4.69) is 31.1 Å². The van der Waals surface area contributed by atoms with E-state index in [0.29, 0.717) is 17.7 Å². The van der Waals surface area contributed by atoms with Crippen LogP contribution in [-0.4, -0.2) is 38.8 Å². The van der Waals surface area contributed by atoms with E-state index in [4.69, 9.17) is 4.42 Å². The lowest BCUT2D eigenvalue weighted by Crippen LogP contribution is -2.27. The van der Waals surface area contributed by atoms with Crippen LogP contribution in [0.3, 0.4) is 0 Å². The molecule has 6 nitrogen and oxygen atoms in total. The Morgan fingerprint density at radius 1 is 1.18 bits per heavy atom. The molecular weight excluding hydrogens is 440 g/mol. The van der Waals surface area contributed by atoms with Gasteiger partial charge in [0.1, 0.15) is 0 Å². The van der Waals surface area contributed by atoms with Crippen molar-refractivity contribution in [1.82, 2.24) is 20.1 Å². The van der Waals surface area contributed by atoms with Gasteiger partial charge in [0.2, 0.25) is 5.91 Å². The molecule has 4 aromatic rings. The summed E-state index contributed by atoms with van der Waals surface area (Å²) in [5, 5.41) is 9.58. The Labute approximate surface area is 174 Å². The number of benzene rings is 2. The second-order valence-corrected chi connectivity index (χ2v) is 8.13. The van der Waals surface area contributed by atoms with Gasteiger partial charge >= 0.3 is 0 Å². The molecule has 28 heavy (non-hydrogen) atoms. The van der Waals surface area contributed by atoms with Gasteiger partial charge in [-0.1, -0.05) is 58.0 Å². The molecule has 1 amide bonds. The number of aromatic nitrogens is 3. The molecule has 0 saturated heterocycles. The van der Waals surface area contributed by atoms with Gasteiger partial charge in [-0.15, -0.1) is 10.2 Å². The minimum absolute atomic E-state index is 0.000219. The van der Waals surface area contributed by atoms with Gasteiger partial charge in [-0.2, -0.15) is 0 Å². The summed E-state index contributed by atoms with van der Waals surface area (Å²) < 4.78 is 6.76. The number of nitrogens with one attached hydrogen (secondary N) is 1. The van der Waals surface area contributed by atoms with Crippen LogP contribution in [-0.2, 0) is 11.3 Å². The van der Waals surface area contributed by atoms with Crippen molar-refractivity contribution in [1.29, 1.82) is 0 Å². The summed E-state index contributed by atoms with van der Waals surface area (Å²) in [4.78, 5) is 17.3. The monoisotopic (exact) mass is 456 g/mol. The number of fused-ring (bicyclic) bond motifs is 1. The van der Waals surface area contributed by atoms with Crippen LogP contribution >= 0.6 is 27.7 Å². The van der Waals surface area contributed by atoms with Gasteiger partial charge < -0.3 is 14.3 Å². The minimum atomic E-state index is -0.000219. The highest BCUT2D eigenvalue weighted by atomic mass is 79.9. The highest BCUT2D eigenvalue weighted by Crippen LogP contribution is 2.29. The first-order valence-corrected chi connectivity index (χ1v) is 10.4. The smallest absolute Gasteiger partial charge is 0.277 e. The fraction of sp³-hybridized carbons (Fsp3) is 0.150. The minimum Gasteiger partial charge on any atom is -0.411 e. The zero-order chi connectivity index (χ0) is 19.5. The number of thioether (sulfide) groups is 1. The Balaban J connectivity index is 1.37. The van der Waals surface area contributed by atoms with Gasteiger partial charge in [-0.05, 0) is 23.8 Å². The van der Waals surface area contributed by atoms with Crippen LogP contribution in [0.5, 0.6) is 0 Å². The number of amides is 1. The topological polar surface area (TPSA) is 75.0 Å². The van der Waals surface area contributed by atoms with Gasteiger partial charge in [-0.25, -0.2) is 0 Å². The molecule has 0 aliphatic rings. The van der Waals surface area contributed by atoms with Gasteiger partial charge in [0.15, 0.2) is 0 Å². The molecule has 1 N–H and O–H groups in total. The van der Waals surface area contributed by atoms with Gasteiger partial charge in [0.05, 0.1) is 11.3 Å². The first-order chi connectivity index (χ1) is 13.6. The van der Waals surface area contributed by atoms with E-state index in [0.717, 1.165) is 26.5 Å². The van der Waals surface area contributed by atoms with E-state index in [9.17, 15) is 4.79 Å². The number of nitrogens with zero attached hydrogens (tertiary/aromatic N) is 3. The molecule has 4 rings (SSSR count). The van der Waals surface area contributed by atoms with Gasteiger partial charge in [0, 0.05) is 35.2 Å². The Morgan fingerprint density at radius 3 is 2.79 bits per heavy atom. The van der Waals surface area contributed by atoms with Crippen LogP contribution in [0.1, 0.15) is 5.56 Å². The normalized spacial score (nSPS) is 11.1. The van der Waals surface area contributed by atoms with Crippen LogP contribution in [0.2, 0.25) is 0 Å². The Kier molecular flexibility index (Phi) is 5.50. The van der Waals surface area contributed by atoms with E-state index in [1.54, 1.807) is 11.9 Å². The molecule has 0 bridgehead atoms. The molecule has 2 heterocycles. The van der Waals surface area contributed by atoms with Crippen LogP contribution < -0.4 is 0 Å². The van der Waals surface area contributed by atoms with Crippen molar-refractivity contribution in [3.63, 3.8) is 0 Å².